The number of hydrogen-bond donors (Lipinski definition) is 4. The number of ether oxygens (including phenoxy) is 2. The van der Waals surface area contributed by atoms with Crippen molar-refractivity contribution in [2.45, 2.75) is 25.7 Å². The highest BCUT2D eigenvalue weighted by atomic mass is 16.5. The molecule has 0 saturated carbocycles. The van der Waals surface area contributed by atoms with Crippen LogP contribution >= 0.6 is 0 Å². The molecule has 0 saturated heterocycles. The van der Waals surface area contributed by atoms with Crippen LogP contribution in [0.2, 0.25) is 0 Å². The van der Waals surface area contributed by atoms with Crippen LogP contribution in [0.5, 0.6) is 5.75 Å². The lowest BCUT2D eigenvalue weighted by molar-refractivity contribution is -0.146. The highest BCUT2D eigenvalue weighted by Crippen LogP contribution is 2.21. The van der Waals surface area contributed by atoms with Crippen LogP contribution in [0.3, 0.4) is 0 Å². The van der Waals surface area contributed by atoms with Crippen LogP contribution in [-0.2, 0) is 32.3 Å². The number of nitrogens with one attached hydrogen (secondary N) is 2. The second kappa shape index (κ2) is 12.6. The van der Waals surface area contributed by atoms with Gasteiger partial charge in [-0.25, -0.2) is 9.59 Å². The van der Waals surface area contributed by atoms with Gasteiger partial charge in [-0.15, -0.1) is 0 Å². The monoisotopic (exact) mass is 492 g/mol. The Morgan fingerprint density at radius 2 is 1.39 bits per heavy atom. The third-order valence-electron chi connectivity index (χ3n) is 4.93. The summed E-state index contributed by atoms with van der Waals surface area (Å²) in [5.74, 6) is -3.44. The first kappa shape index (κ1) is 25.8. The molecule has 3 aromatic rings. The summed E-state index contributed by atoms with van der Waals surface area (Å²) in [6.07, 6.45) is -1.45. The maximum atomic E-state index is 12.9. The Balaban J connectivity index is 1.67. The summed E-state index contributed by atoms with van der Waals surface area (Å²) in [7, 11) is 0. The molecule has 0 aromatic heterocycles. The number of esters is 1. The normalized spacial score (nSPS) is 11.1. The van der Waals surface area contributed by atoms with E-state index in [4.69, 9.17) is 14.6 Å². The van der Waals surface area contributed by atoms with Gasteiger partial charge in [-0.1, -0.05) is 60.7 Å². The van der Waals surface area contributed by atoms with E-state index < -0.39 is 47.7 Å². The highest BCUT2D eigenvalue weighted by molar-refractivity contribution is 6.00. The Hall–Kier alpha value is -4.86. The Morgan fingerprint density at radius 1 is 0.806 bits per heavy atom. The number of carboxylic acids is 1. The Bertz CT molecular complexity index is 1160. The standard InChI is InChI=1S/C26H24N2O8/c29-22-12-11-19(13-20(22)25(32)33)27-24(31)21(14-23(30)35-15-17-7-3-1-4-8-17)28-26(34)36-16-18-9-5-2-6-10-18/h1-13,21,29H,14-16H2,(H,27,31)(H,28,34)(H,32,33)/t21-/m0/s1. The average molecular weight is 492 g/mol. The van der Waals surface area contributed by atoms with Crippen LogP contribution in [0.25, 0.3) is 0 Å². The number of hydrogen-bond acceptors (Lipinski definition) is 7. The third-order valence-corrected chi connectivity index (χ3v) is 4.93. The molecule has 186 valence electrons. The van der Waals surface area contributed by atoms with E-state index in [0.717, 1.165) is 23.3 Å². The van der Waals surface area contributed by atoms with Crippen molar-refractivity contribution < 1.29 is 38.9 Å². The molecule has 10 heteroatoms. The molecule has 2 amide bonds. The van der Waals surface area contributed by atoms with E-state index >= 15 is 0 Å². The molecular formula is C26H24N2O8. The first-order valence-electron chi connectivity index (χ1n) is 10.9. The fourth-order valence-corrected chi connectivity index (χ4v) is 3.09. The van der Waals surface area contributed by atoms with Crippen molar-refractivity contribution in [3.05, 3.63) is 95.6 Å². The van der Waals surface area contributed by atoms with Crippen molar-refractivity contribution in [3.8, 4) is 5.75 Å². The van der Waals surface area contributed by atoms with E-state index in [1.54, 1.807) is 48.5 Å². The van der Waals surface area contributed by atoms with Crippen LogP contribution in [0.4, 0.5) is 10.5 Å². The number of aromatic hydroxyl groups is 1. The van der Waals surface area contributed by atoms with E-state index in [1.807, 2.05) is 12.1 Å². The molecule has 3 rings (SSSR count). The van der Waals surface area contributed by atoms with Crippen molar-refractivity contribution in [1.82, 2.24) is 5.32 Å². The number of carboxylic acid groups (broad SMARTS) is 1. The van der Waals surface area contributed by atoms with Crippen molar-refractivity contribution in [1.29, 1.82) is 0 Å². The molecular weight excluding hydrogens is 468 g/mol. The number of carbonyl (C=O) groups is 4. The number of amides is 2. The Kier molecular flexibility index (Phi) is 8.99. The molecule has 0 aliphatic heterocycles. The van der Waals surface area contributed by atoms with E-state index in [-0.39, 0.29) is 18.9 Å². The molecule has 0 heterocycles. The molecule has 36 heavy (non-hydrogen) atoms. The summed E-state index contributed by atoms with van der Waals surface area (Å²) in [5.41, 5.74) is 1.08. The molecule has 0 unspecified atom stereocenters. The van der Waals surface area contributed by atoms with Gasteiger partial charge in [-0.2, -0.15) is 0 Å². The second-order valence-electron chi connectivity index (χ2n) is 7.64. The molecule has 3 aromatic carbocycles. The highest BCUT2D eigenvalue weighted by Gasteiger charge is 2.26. The minimum atomic E-state index is -1.40. The average Bonchev–Trinajstić information content (AvgIpc) is 2.88. The van der Waals surface area contributed by atoms with Gasteiger partial charge in [0.05, 0.1) is 6.42 Å². The van der Waals surface area contributed by atoms with Gasteiger partial charge in [0.2, 0.25) is 5.91 Å². The molecule has 0 aliphatic carbocycles. The van der Waals surface area contributed by atoms with Gasteiger partial charge < -0.3 is 30.3 Å². The van der Waals surface area contributed by atoms with Crippen LogP contribution in [0, 0.1) is 0 Å². The zero-order chi connectivity index (χ0) is 25.9. The molecule has 4 N–H and O–H groups in total. The number of alkyl carbamates (subject to hydrolysis) is 1. The van der Waals surface area contributed by atoms with E-state index in [2.05, 4.69) is 10.6 Å². The lowest BCUT2D eigenvalue weighted by atomic mass is 10.1. The summed E-state index contributed by atoms with van der Waals surface area (Å²) in [6.45, 7) is -0.0776. The Morgan fingerprint density at radius 3 is 1.97 bits per heavy atom. The van der Waals surface area contributed by atoms with Crippen molar-refractivity contribution in [2.24, 2.45) is 0 Å². The third kappa shape index (κ3) is 7.87. The number of aromatic carboxylic acids is 1. The van der Waals surface area contributed by atoms with Crippen LogP contribution in [0.1, 0.15) is 27.9 Å². The van der Waals surface area contributed by atoms with Crippen LogP contribution in [-0.4, -0.2) is 40.2 Å². The molecule has 0 spiro atoms. The quantitative estimate of drug-likeness (QED) is 0.248. The van der Waals surface area contributed by atoms with Crippen molar-refractivity contribution in [2.75, 3.05) is 5.32 Å². The number of phenols is 1. The van der Waals surface area contributed by atoms with Gasteiger partial charge in [0.25, 0.3) is 0 Å². The molecule has 0 fully saturated rings. The molecule has 0 bridgehead atoms. The van der Waals surface area contributed by atoms with Crippen molar-refractivity contribution in [3.63, 3.8) is 0 Å². The van der Waals surface area contributed by atoms with Gasteiger partial charge >= 0.3 is 18.0 Å². The minimum absolute atomic E-state index is 0.0214. The van der Waals surface area contributed by atoms with E-state index in [1.165, 1.54) is 6.07 Å². The number of benzene rings is 3. The number of anilines is 1. The number of carbonyl (C=O) groups excluding carboxylic acids is 3. The van der Waals surface area contributed by atoms with Crippen LogP contribution < -0.4 is 10.6 Å². The molecule has 1 atom stereocenters. The zero-order valence-corrected chi connectivity index (χ0v) is 19.0. The summed E-state index contributed by atoms with van der Waals surface area (Å²) in [4.78, 5) is 48.9. The molecule has 0 radical (unpaired) electrons. The van der Waals surface area contributed by atoms with Gasteiger partial charge in [-0.3, -0.25) is 9.59 Å². The lowest BCUT2D eigenvalue weighted by Crippen LogP contribution is -2.45. The van der Waals surface area contributed by atoms with E-state index in [0.29, 0.717) is 0 Å². The number of rotatable bonds is 10. The maximum absolute atomic E-state index is 12.9. The molecule has 10 nitrogen and oxygen atoms in total. The smallest absolute Gasteiger partial charge is 0.408 e. The topological polar surface area (TPSA) is 151 Å². The summed E-state index contributed by atoms with van der Waals surface area (Å²) in [6, 6.07) is 19.8. The lowest BCUT2D eigenvalue weighted by Gasteiger charge is -2.18. The zero-order valence-electron chi connectivity index (χ0n) is 19.0. The first-order chi connectivity index (χ1) is 17.3. The fourth-order valence-electron chi connectivity index (χ4n) is 3.09. The van der Waals surface area contributed by atoms with Gasteiger partial charge in [0.15, 0.2) is 0 Å². The maximum Gasteiger partial charge on any atom is 0.408 e. The summed E-state index contributed by atoms with van der Waals surface area (Å²) in [5, 5.41) is 23.6. The van der Waals surface area contributed by atoms with Crippen molar-refractivity contribution >= 4 is 29.6 Å². The molecule has 0 aliphatic rings. The second-order valence-corrected chi connectivity index (χ2v) is 7.64. The van der Waals surface area contributed by atoms with Gasteiger partial charge in [0.1, 0.15) is 30.6 Å². The summed E-state index contributed by atoms with van der Waals surface area (Å²) >= 11 is 0. The first-order valence-corrected chi connectivity index (χ1v) is 10.9. The predicted octanol–water partition coefficient (Wildman–Crippen LogP) is 3.46. The SMILES string of the molecule is O=C(C[C@H](NC(=O)OCc1ccccc1)C(=O)Nc1ccc(O)c(C(=O)O)c1)OCc1ccccc1. The van der Waals surface area contributed by atoms with Gasteiger partial charge in [0, 0.05) is 5.69 Å². The summed E-state index contributed by atoms with van der Waals surface area (Å²) < 4.78 is 10.4. The Labute approximate surface area is 206 Å². The largest absolute Gasteiger partial charge is 0.507 e. The predicted molar refractivity (Wildman–Crippen MR) is 128 cm³/mol. The fraction of sp³-hybridized carbons (Fsp3) is 0.154. The minimum Gasteiger partial charge on any atom is -0.507 e. The van der Waals surface area contributed by atoms with E-state index in [9.17, 15) is 24.3 Å². The van der Waals surface area contributed by atoms with Crippen LogP contribution in [0.15, 0.2) is 78.9 Å². The van der Waals surface area contributed by atoms with Gasteiger partial charge in [-0.05, 0) is 29.3 Å².